The van der Waals surface area contributed by atoms with Crippen LogP contribution in [0.25, 0.3) is 11.0 Å². The maximum Gasteiger partial charge on any atom is 0.134 e. The first-order valence-corrected chi connectivity index (χ1v) is 7.71. The van der Waals surface area contributed by atoms with Gasteiger partial charge in [-0.1, -0.05) is 29.8 Å². The van der Waals surface area contributed by atoms with Crippen molar-refractivity contribution in [3.05, 3.63) is 67.9 Å². The molecule has 20 heavy (non-hydrogen) atoms. The number of aryl methyl sites for hydroxylation is 1. The van der Waals surface area contributed by atoms with Gasteiger partial charge in [-0.2, -0.15) is 0 Å². The van der Waals surface area contributed by atoms with Gasteiger partial charge in [-0.25, -0.2) is 0 Å². The molecule has 2 aromatic carbocycles. The first kappa shape index (κ1) is 13.9. The third-order valence-electron chi connectivity index (χ3n) is 3.36. The smallest absolute Gasteiger partial charge is 0.134 e. The summed E-state index contributed by atoms with van der Waals surface area (Å²) in [6.45, 7) is 2.08. The van der Waals surface area contributed by atoms with Crippen LogP contribution in [0.4, 0.5) is 0 Å². The van der Waals surface area contributed by atoms with Crippen molar-refractivity contribution in [1.82, 2.24) is 0 Å². The summed E-state index contributed by atoms with van der Waals surface area (Å²) < 4.78 is 7.02. The highest BCUT2D eigenvalue weighted by atomic mass is 127. The summed E-state index contributed by atoms with van der Waals surface area (Å²) >= 11 is 8.32. The second kappa shape index (κ2) is 5.39. The van der Waals surface area contributed by atoms with Crippen molar-refractivity contribution in [2.75, 3.05) is 0 Å². The van der Waals surface area contributed by atoms with Crippen LogP contribution in [-0.4, -0.2) is 0 Å². The molecule has 1 aromatic heterocycles. The quantitative estimate of drug-likeness (QED) is 0.615. The molecular formula is C16H13ClINO. The summed E-state index contributed by atoms with van der Waals surface area (Å²) in [4.78, 5) is 0. The molecule has 0 saturated heterocycles. The topological polar surface area (TPSA) is 39.2 Å². The number of nitrogens with two attached hydrogens (primary N) is 1. The number of halogens is 2. The fourth-order valence-electron chi connectivity index (χ4n) is 2.25. The fraction of sp³-hybridized carbons (Fsp3) is 0.125. The lowest BCUT2D eigenvalue weighted by molar-refractivity contribution is 0.524. The number of hydrogen-bond acceptors (Lipinski definition) is 2. The van der Waals surface area contributed by atoms with E-state index in [2.05, 4.69) is 35.6 Å². The Hall–Kier alpha value is -1.04. The molecule has 102 valence electrons. The molecule has 0 spiro atoms. The summed E-state index contributed by atoms with van der Waals surface area (Å²) in [6.07, 6.45) is 0. The van der Waals surface area contributed by atoms with E-state index in [0.717, 1.165) is 22.3 Å². The van der Waals surface area contributed by atoms with E-state index in [1.54, 1.807) is 0 Å². The van der Waals surface area contributed by atoms with Crippen molar-refractivity contribution in [1.29, 1.82) is 0 Å². The Labute approximate surface area is 136 Å². The van der Waals surface area contributed by atoms with Crippen LogP contribution in [0.5, 0.6) is 0 Å². The van der Waals surface area contributed by atoms with E-state index in [4.69, 9.17) is 21.8 Å². The van der Waals surface area contributed by atoms with Crippen LogP contribution in [0.3, 0.4) is 0 Å². The van der Waals surface area contributed by atoms with E-state index in [9.17, 15) is 0 Å². The molecule has 2 N–H and O–H groups in total. The maximum absolute atomic E-state index is 6.36. The lowest BCUT2D eigenvalue weighted by atomic mass is 10.0. The SMILES string of the molecule is Cc1cccc(C(N)c2cc3cc(Cl)ccc3o2)c1I. The summed E-state index contributed by atoms with van der Waals surface area (Å²) in [6, 6.07) is 13.4. The van der Waals surface area contributed by atoms with E-state index >= 15 is 0 Å². The van der Waals surface area contributed by atoms with Crippen molar-refractivity contribution in [3.8, 4) is 0 Å². The zero-order valence-electron chi connectivity index (χ0n) is 10.9. The Kier molecular flexibility index (Phi) is 3.75. The zero-order chi connectivity index (χ0) is 14.3. The van der Waals surface area contributed by atoms with Gasteiger partial charge in [0.25, 0.3) is 0 Å². The molecule has 0 fully saturated rings. The average Bonchev–Trinajstić information content (AvgIpc) is 2.84. The number of benzene rings is 2. The molecule has 3 rings (SSSR count). The summed E-state index contributed by atoms with van der Waals surface area (Å²) in [5, 5.41) is 1.68. The van der Waals surface area contributed by atoms with Crippen LogP contribution in [0, 0.1) is 10.5 Å². The molecule has 3 aromatic rings. The first-order chi connectivity index (χ1) is 9.56. The standard InChI is InChI=1S/C16H13ClINO/c1-9-3-2-4-12(15(9)18)16(19)14-8-10-7-11(17)5-6-13(10)20-14/h2-8,16H,19H2,1H3. The predicted octanol–water partition coefficient (Wildman–Crippen LogP) is 5.05. The molecular weight excluding hydrogens is 385 g/mol. The van der Waals surface area contributed by atoms with Crippen LogP contribution in [-0.2, 0) is 0 Å². The molecule has 1 unspecified atom stereocenters. The van der Waals surface area contributed by atoms with E-state index in [1.807, 2.05) is 36.4 Å². The molecule has 1 atom stereocenters. The van der Waals surface area contributed by atoms with E-state index in [0.29, 0.717) is 5.02 Å². The summed E-state index contributed by atoms with van der Waals surface area (Å²) in [5.41, 5.74) is 9.46. The molecule has 2 nitrogen and oxygen atoms in total. The Morgan fingerprint density at radius 2 is 2.00 bits per heavy atom. The minimum Gasteiger partial charge on any atom is -0.459 e. The monoisotopic (exact) mass is 397 g/mol. The van der Waals surface area contributed by atoms with Crippen molar-refractivity contribution >= 4 is 45.2 Å². The average molecular weight is 398 g/mol. The summed E-state index contributed by atoms with van der Waals surface area (Å²) in [7, 11) is 0. The Bertz CT molecular complexity index is 781. The minimum atomic E-state index is -0.270. The van der Waals surface area contributed by atoms with Crippen LogP contribution in [0.2, 0.25) is 5.02 Å². The Morgan fingerprint density at radius 3 is 2.80 bits per heavy atom. The molecule has 0 aliphatic rings. The number of rotatable bonds is 2. The molecule has 0 saturated carbocycles. The van der Waals surface area contributed by atoms with Gasteiger partial charge in [-0.15, -0.1) is 0 Å². The van der Waals surface area contributed by atoms with Crippen LogP contribution >= 0.6 is 34.2 Å². The van der Waals surface area contributed by atoms with E-state index in [-0.39, 0.29) is 6.04 Å². The Balaban J connectivity index is 2.08. The van der Waals surface area contributed by atoms with Gasteiger partial charge in [0.2, 0.25) is 0 Å². The first-order valence-electron chi connectivity index (χ1n) is 6.26. The molecule has 0 aliphatic carbocycles. The highest BCUT2D eigenvalue weighted by Gasteiger charge is 2.17. The molecule has 0 radical (unpaired) electrons. The molecule has 0 aliphatic heterocycles. The van der Waals surface area contributed by atoms with Crippen molar-refractivity contribution < 1.29 is 4.42 Å². The van der Waals surface area contributed by atoms with Gasteiger partial charge >= 0.3 is 0 Å². The van der Waals surface area contributed by atoms with Crippen molar-refractivity contribution in [2.45, 2.75) is 13.0 Å². The van der Waals surface area contributed by atoms with E-state index in [1.165, 1.54) is 9.13 Å². The van der Waals surface area contributed by atoms with Crippen LogP contribution < -0.4 is 5.73 Å². The highest BCUT2D eigenvalue weighted by molar-refractivity contribution is 14.1. The third-order valence-corrected chi connectivity index (χ3v) is 5.07. The lowest BCUT2D eigenvalue weighted by Gasteiger charge is -2.12. The van der Waals surface area contributed by atoms with Gasteiger partial charge in [-0.3, -0.25) is 0 Å². The van der Waals surface area contributed by atoms with Gasteiger partial charge in [0.15, 0.2) is 0 Å². The highest BCUT2D eigenvalue weighted by Crippen LogP contribution is 2.31. The van der Waals surface area contributed by atoms with Crippen molar-refractivity contribution in [2.24, 2.45) is 5.73 Å². The fourth-order valence-corrected chi connectivity index (χ4v) is 3.13. The van der Waals surface area contributed by atoms with Crippen LogP contribution in [0.1, 0.15) is 22.9 Å². The molecule has 1 heterocycles. The number of hydrogen-bond donors (Lipinski definition) is 1. The molecule has 0 amide bonds. The number of fused-ring (bicyclic) bond motifs is 1. The van der Waals surface area contributed by atoms with E-state index < -0.39 is 0 Å². The van der Waals surface area contributed by atoms with Gasteiger partial charge in [-0.05, 0) is 64.9 Å². The zero-order valence-corrected chi connectivity index (χ0v) is 13.8. The van der Waals surface area contributed by atoms with Crippen LogP contribution in [0.15, 0.2) is 46.9 Å². The third kappa shape index (κ3) is 2.45. The largest absolute Gasteiger partial charge is 0.459 e. The lowest BCUT2D eigenvalue weighted by Crippen LogP contribution is -2.12. The predicted molar refractivity (Wildman–Crippen MR) is 91.2 cm³/mol. The van der Waals surface area contributed by atoms with Crippen molar-refractivity contribution in [3.63, 3.8) is 0 Å². The Morgan fingerprint density at radius 1 is 1.20 bits per heavy atom. The normalized spacial score (nSPS) is 12.8. The second-order valence-corrected chi connectivity index (χ2v) is 6.30. The van der Waals surface area contributed by atoms with Gasteiger partial charge in [0.05, 0.1) is 6.04 Å². The van der Waals surface area contributed by atoms with Gasteiger partial charge < -0.3 is 10.2 Å². The molecule has 0 bridgehead atoms. The van der Waals surface area contributed by atoms with Gasteiger partial charge in [0, 0.05) is 14.0 Å². The molecule has 4 heteroatoms. The maximum atomic E-state index is 6.36. The number of furan rings is 1. The second-order valence-electron chi connectivity index (χ2n) is 4.79. The van der Waals surface area contributed by atoms with Gasteiger partial charge in [0.1, 0.15) is 11.3 Å². The minimum absolute atomic E-state index is 0.270. The summed E-state index contributed by atoms with van der Waals surface area (Å²) in [5.74, 6) is 0.755.